The van der Waals surface area contributed by atoms with E-state index in [9.17, 15) is 0 Å². The first-order valence-electron chi connectivity index (χ1n) is 4.15. The predicted molar refractivity (Wildman–Crippen MR) is 64.5 cm³/mol. The summed E-state index contributed by atoms with van der Waals surface area (Å²) < 4.78 is 10.5. The second-order valence-electron chi connectivity index (χ2n) is 3.08. The van der Waals surface area contributed by atoms with Gasteiger partial charge in [0.15, 0.2) is 0 Å². The monoisotopic (exact) mass is 320 g/mol. The van der Waals surface area contributed by atoms with E-state index in [1.165, 1.54) is 11.5 Å². The molecule has 2 aromatic heterocycles. The Hall–Kier alpha value is -0.430. The highest BCUT2D eigenvalue weighted by molar-refractivity contribution is 14.1. The maximum atomic E-state index is 5.55. The standard InChI is InChI=1S/C9H9IN2OS/c1-4-5(2)13-6(3)7(4)8-11-9(10)12-14-8/h1-3H3. The molecule has 0 aliphatic carbocycles. The van der Waals surface area contributed by atoms with Crippen LogP contribution in [0.3, 0.4) is 0 Å². The highest BCUT2D eigenvalue weighted by Gasteiger charge is 2.16. The van der Waals surface area contributed by atoms with Crippen molar-refractivity contribution < 1.29 is 4.42 Å². The minimum absolute atomic E-state index is 0.792. The third kappa shape index (κ3) is 1.58. The van der Waals surface area contributed by atoms with Crippen molar-refractivity contribution in [2.24, 2.45) is 0 Å². The van der Waals surface area contributed by atoms with Crippen LogP contribution in [0.4, 0.5) is 0 Å². The van der Waals surface area contributed by atoms with Gasteiger partial charge in [-0.3, -0.25) is 0 Å². The fourth-order valence-corrected chi connectivity index (χ4v) is 2.83. The highest BCUT2D eigenvalue weighted by atomic mass is 127. The number of hydrogen-bond acceptors (Lipinski definition) is 4. The summed E-state index contributed by atoms with van der Waals surface area (Å²) in [7, 11) is 0. The fourth-order valence-electron chi connectivity index (χ4n) is 1.42. The van der Waals surface area contributed by atoms with Crippen molar-refractivity contribution in [1.82, 2.24) is 9.36 Å². The molecule has 14 heavy (non-hydrogen) atoms. The molecule has 0 aliphatic heterocycles. The van der Waals surface area contributed by atoms with E-state index >= 15 is 0 Å². The van der Waals surface area contributed by atoms with Crippen LogP contribution in [0.25, 0.3) is 10.6 Å². The molecular weight excluding hydrogens is 311 g/mol. The maximum absolute atomic E-state index is 5.55. The lowest BCUT2D eigenvalue weighted by Crippen LogP contribution is -1.80. The fraction of sp³-hybridized carbons (Fsp3) is 0.333. The number of nitrogens with zero attached hydrogens (tertiary/aromatic N) is 2. The molecule has 0 aromatic carbocycles. The summed E-state index contributed by atoms with van der Waals surface area (Å²) in [5, 5.41) is 0.946. The zero-order chi connectivity index (χ0) is 10.3. The van der Waals surface area contributed by atoms with E-state index in [-0.39, 0.29) is 0 Å². The summed E-state index contributed by atoms with van der Waals surface area (Å²) in [6.07, 6.45) is 0. The molecule has 74 valence electrons. The Morgan fingerprint density at radius 1 is 1.21 bits per heavy atom. The molecule has 3 nitrogen and oxygen atoms in total. The molecule has 0 saturated heterocycles. The molecule has 0 atom stereocenters. The van der Waals surface area contributed by atoms with E-state index in [0.717, 1.165) is 31.5 Å². The van der Waals surface area contributed by atoms with Crippen molar-refractivity contribution in [1.29, 1.82) is 0 Å². The van der Waals surface area contributed by atoms with Crippen LogP contribution in [0.15, 0.2) is 4.42 Å². The number of halogens is 1. The Balaban J connectivity index is 2.61. The third-order valence-corrected chi connectivity index (χ3v) is 3.72. The summed E-state index contributed by atoms with van der Waals surface area (Å²) in [6, 6.07) is 0. The molecule has 2 rings (SSSR count). The number of furan rings is 1. The lowest BCUT2D eigenvalue weighted by molar-refractivity contribution is 0.503. The second-order valence-corrected chi connectivity index (χ2v) is 4.80. The van der Waals surface area contributed by atoms with Gasteiger partial charge in [-0.05, 0) is 32.3 Å². The van der Waals surface area contributed by atoms with Gasteiger partial charge in [0.25, 0.3) is 0 Å². The molecule has 0 bridgehead atoms. The molecule has 0 spiro atoms. The Bertz CT molecular complexity index is 475. The van der Waals surface area contributed by atoms with Gasteiger partial charge in [0.05, 0.1) is 5.56 Å². The normalized spacial score (nSPS) is 10.9. The quantitative estimate of drug-likeness (QED) is 0.757. The van der Waals surface area contributed by atoms with Gasteiger partial charge >= 0.3 is 0 Å². The molecule has 0 fully saturated rings. The molecule has 2 heterocycles. The van der Waals surface area contributed by atoms with Gasteiger partial charge in [-0.25, -0.2) is 4.98 Å². The topological polar surface area (TPSA) is 38.9 Å². The Labute approximate surface area is 99.9 Å². The van der Waals surface area contributed by atoms with Crippen LogP contribution in [0.5, 0.6) is 0 Å². The Morgan fingerprint density at radius 3 is 2.36 bits per heavy atom. The number of aromatic nitrogens is 2. The van der Waals surface area contributed by atoms with Crippen LogP contribution in [-0.2, 0) is 0 Å². The first-order valence-corrected chi connectivity index (χ1v) is 6.01. The Kier molecular flexibility index (Phi) is 2.61. The van der Waals surface area contributed by atoms with E-state index in [0.29, 0.717) is 0 Å². The summed E-state index contributed by atoms with van der Waals surface area (Å²) >= 11 is 3.53. The molecule has 0 amide bonds. The second kappa shape index (κ2) is 3.62. The van der Waals surface area contributed by atoms with Crippen LogP contribution in [0, 0.1) is 24.6 Å². The minimum atomic E-state index is 0.792. The van der Waals surface area contributed by atoms with E-state index < -0.39 is 0 Å². The van der Waals surface area contributed by atoms with Crippen molar-refractivity contribution >= 4 is 34.1 Å². The molecular formula is C9H9IN2OS. The van der Waals surface area contributed by atoms with Crippen molar-refractivity contribution in [2.75, 3.05) is 0 Å². The Morgan fingerprint density at radius 2 is 1.93 bits per heavy atom. The van der Waals surface area contributed by atoms with Gasteiger partial charge in [-0.1, -0.05) is 0 Å². The SMILES string of the molecule is Cc1oc(C)c(-c2nc(I)ns2)c1C. The van der Waals surface area contributed by atoms with Crippen molar-refractivity contribution in [3.05, 3.63) is 20.9 Å². The van der Waals surface area contributed by atoms with Crippen molar-refractivity contribution in [3.8, 4) is 10.6 Å². The van der Waals surface area contributed by atoms with Crippen LogP contribution < -0.4 is 0 Å². The maximum Gasteiger partial charge on any atom is 0.203 e. The largest absolute Gasteiger partial charge is 0.466 e. The van der Waals surface area contributed by atoms with Gasteiger partial charge < -0.3 is 4.42 Å². The lowest BCUT2D eigenvalue weighted by atomic mass is 10.1. The zero-order valence-corrected chi connectivity index (χ0v) is 11.1. The van der Waals surface area contributed by atoms with Crippen LogP contribution >= 0.6 is 34.1 Å². The first kappa shape index (κ1) is 10.1. The van der Waals surface area contributed by atoms with E-state index in [1.807, 2.05) is 13.8 Å². The van der Waals surface area contributed by atoms with Crippen LogP contribution in [0.2, 0.25) is 0 Å². The van der Waals surface area contributed by atoms with Gasteiger partial charge in [0.2, 0.25) is 3.83 Å². The van der Waals surface area contributed by atoms with Crippen LogP contribution in [0.1, 0.15) is 17.1 Å². The average Bonchev–Trinajstić information content (AvgIpc) is 2.60. The molecule has 0 radical (unpaired) electrons. The molecule has 0 N–H and O–H groups in total. The lowest BCUT2D eigenvalue weighted by Gasteiger charge is -1.92. The summed E-state index contributed by atoms with van der Waals surface area (Å²) in [4.78, 5) is 4.35. The first-order chi connectivity index (χ1) is 6.59. The van der Waals surface area contributed by atoms with Crippen LogP contribution in [-0.4, -0.2) is 9.36 Å². The van der Waals surface area contributed by atoms with Gasteiger partial charge in [-0.2, -0.15) is 4.37 Å². The highest BCUT2D eigenvalue weighted by Crippen LogP contribution is 2.32. The smallest absolute Gasteiger partial charge is 0.203 e. The number of aryl methyl sites for hydroxylation is 2. The minimum Gasteiger partial charge on any atom is -0.466 e. The van der Waals surface area contributed by atoms with E-state index in [1.54, 1.807) is 0 Å². The van der Waals surface area contributed by atoms with Gasteiger partial charge in [-0.15, -0.1) is 0 Å². The average molecular weight is 320 g/mol. The van der Waals surface area contributed by atoms with Gasteiger partial charge in [0, 0.05) is 28.2 Å². The van der Waals surface area contributed by atoms with E-state index in [4.69, 9.17) is 4.42 Å². The van der Waals surface area contributed by atoms with Crippen molar-refractivity contribution in [3.63, 3.8) is 0 Å². The molecule has 0 saturated carbocycles. The zero-order valence-electron chi connectivity index (χ0n) is 8.09. The van der Waals surface area contributed by atoms with E-state index in [2.05, 4.69) is 38.9 Å². The summed E-state index contributed by atoms with van der Waals surface area (Å²) in [5.74, 6) is 1.88. The molecule has 0 aliphatic rings. The third-order valence-electron chi connectivity index (χ3n) is 2.18. The van der Waals surface area contributed by atoms with Gasteiger partial charge in [0.1, 0.15) is 16.5 Å². The summed E-state index contributed by atoms with van der Waals surface area (Å²) in [6.45, 7) is 5.98. The number of rotatable bonds is 1. The molecule has 0 unspecified atom stereocenters. The number of hydrogen-bond donors (Lipinski definition) is 0. The molecule has 2 aromatic rings. The predicted octanol–water partition coefficient (Wildman–Crippen LogP) is 3.33. The summed E-state index contributed by atoms with van der Waals surface area (Å²) in [5.41, 5.74) is 2.26. The van der Waals surface area contributed by atoms with Crippen molar-refractivity contribution in [2.45, 2.75) is 20.8 Å². The molecule has 5 heteroatoms.